The third kappa shape index (κ3) is 5.87. The van der Waals surface area contributed by atoms with E-state index in [9.17, 15) is 9.59 Å². The van der Waals surface area contributed by atoms with Crippen molar-refractivity contribution in [1.29, 1.82) is 0 Å². The van der Waals surface area contributed by atoms with Crippen molar-refractivity contribution in [3.63, 3.8) is 0 Å². The highest BCUT2D eigenvalue weighted by Crippen LogP contribution is 2.16. The summed E-state index contributed by atoms with van der Waals surface area (Å²) in [7, 11) is 0. The zero-order valence-electron chi connectivity index (χ0n) is 12.3. The van der Waals surface area contributed by atoms with Crippen molar-refractivity contribution in [3.8, 4) is 0 Å². The second kappa shape index (κ2) is 7.68. The molecule has 0 aliphatic carbocycles. The molecule has 110 valence electrons. The van der Waals surface area contributed by atoms with Crippen LogP contribution in [0.25, 0.3) is 0 Å². The van der Waals surface area contributed by atoms with Crippen LogP contribution in [0.2, 0.25) is 0 Å². The molecule has 0 heterocycles. The Balaban J connectivity index is 2.67. The summed E-state index contributed by atoms with van der Waals surface area (Å²) in [6.45, 7) is 5.74. The molecule has 1 atom stereocenters. The van der Waals surface area contributed by atoms with E-state index in [1.165, 1.54) is 12.5 Å². The highest BCUT2D eigenvalue weighted by Gasteiger charge is 2.13. The molecule has 4 heteroatoms. The van der Waals surface area contributed by atoms with E-state index in [2.05, 4.69) is 31.3 Å². The highest BCUT2D eigenvalue weighted by atomic mass is 16.4. The molecule has 4 nitrogen and oxygen atoms in total. The fourth-order valence-electron chi connectivity index (χ4n) is 2.13. The Morgan fingerprint density at radius 1 is 1.20 bits per heavy atom. The Morgan fingerprint density at radius 2 is 1.80 bits per heavy atom. The first-order valence-electron chi connectivity index (χ1n) is 6.96. The number of nitrogens with one attached hydrogen (secondary N) is 1. The predicted octanol–water partition coefficient (Wildman–Crippen LogP) is 2.72. The number of rotatable bonds is 7. The fourth-order valence-corrected chi connectivity index (χ4v) is 2.13. The van der Waals surface area contributed by atoms with E-state index >= 15 is 0 Å². The fraction of sp³-hybridized carbons (Fsp3) is 0.500. The maximum absolute atomic E-state index is 11.2. The molecular weight excluding hydrogens is 254 g/mol. The zero-order chi connectivity index (χ0) is 15.1. The van der Waals surface area contributed by atoms with Crippen molar-refractivity contribution in [2.75, 3.05) is 0 Å². The monoisotopic (exact) mass is 277 g/mol. The van der Waals surface area contributed by atoms with Gasteiger partial charge >= 0.3 is 5.97 Å². The predicted molar refractivity (Wildman–Crippen MR) is 78.7 cm³/mol. The summed E-state index contributed by atoms with van der Waals surface area (Å²) in [4.78, 5) is 21.8. The number of hydrogen-bond donors (Lipinski definition) is 2. The SMILES string of the molecule is CC(=O)NC(CCC(=O)O)Cc1ccc(C(C)C)cc1. The lowest BCUT2D eigenvalue weighted by Gasteiger charge is -2.17. The number of carboxylic acids is 1. The summed E-state index contributed by atoms with van der Waals surface area (Å²) in [5.74, 6) is -0.475. The standard InChI is InChI=1S/C16H23NO3/c1-11(2)14-6-4-13(5-7-14)10-15(17-12(3)18)8-9-16(19)20/h4-7,11,15H,8-10H2,1-3H3,(H,17,18)(H,19,20). The molecule has 1 rings (SSSR count). The van der Waals surface area contributed by atoms with Gasteiger partial charge in [-0.1, -0.05) is 38.1 Å². The summed E-state index contributed by atoms with van der Waals surface area (Å²) in [5.41, 5.74) is 2.38. The van der Waals surface area contributed by atoms with Crippen molar-refractivity contribution in [2.24, 2.45) is 0 Å². The minimum atomic E-state index is -0.837. The molecule has 0 spiro atoms. The number of benzene rings is 1. The Hall–Kier alpha value is -1.84. The molecule has 0 saturated heterocycles. The number of carbonyl (C=O) groups is 2. The normalized spacial score (nSPS) is 12.2. The van der Waals surface area contributed by atoms with Gasteiger partial charge in [0.05, 0.1) is 0 Å². The largest absolute Gasteiger partial charge is 0.481 e. The summed E-state index contributed by atoms with van der Waals surface area (Å²) in [6.07, 6.45) is 1.17. The van der Waals surface area contributed by atoms with E-state index in [1.807, 2.05) is 12.1 Å². The number of hydrogen-bond acceptors (Lipinski definition) is 2. The van der Waals surface area contributed by atoms with Crippen LogP contribution in [-0.4, -0.2) is 23.0 Å². The smallest absolute Gasteiger partial charge is 0.303 e. The molecule has 0 aliphatic heterocycles. The van der Waals surface area contributed by atoms with Gasteiger partial charge in [0.1, 0.15) is 0 Å². The van der Waals surface area contributed by atoms with Gasteiger partial charge in [0.25, 0.3) is 0 Å². The van der Waals surface area contributed by atoms with Crippen molar-refractivity contribution >= 4 is 11.9 Å². The molecule has 0 radical (unpaired) electrons. The minimum absolute atomic E-state index is 0.0645. The number of carboxylic acid groups (broad SMARTS) is 1. The quantitative estimate of drug-likeness (QED) is 0.805. The molecule has 1 aromatic rings. The number of carbonyl (C=O) groups excluding carboxylic acids is 1. The second-order valence-electron chi connectivity index (χ2n) is 5.43. The molecule has 1 unspecified atom stereocenters. The summed E-state index contributed by atoms with van der Waals surface area (Å²) < 4.78 is 0. The van der Waals surface area contributed by atoms with Crippen LogP contribution in [0, 0.1) is 0 Å². The molecular formula is C16H23NO3. The van der Waals surface area contributed by atoms with Crippen molar-refractivity contribution in [3.05, 3.63) is 35.4 Å². The van der Waals surface area contributed by atoms with Crippen LogP contribution in [0.3, 0.4) is 0 Å². The van der Waals surface area contributed by atoms with Crippen molar-refractivity contribution in [2.45, 2.75) is 52.0 Å². The van der Waals surface area contributed by atoms with Gasteiger partial charge in [-0.2, -0.15) is 0 Å². The van der Waals surface area contributed by atoms with E-state index < -0.39 is 5.97 Å². The zero-order valence-corrected chi connectivity index (χ0v) is 12.3. The van der Waals surface area contributed by atoms with Crippen LogP contribution in [0.1, 0.15) is 50.7 Å². The van der Waals surface area contributed by atoms with Crippen molar-refractivity contribution in [1.82, 2.24) is 5.32 Å². The summed E-state index contributed by atoms with van der Waals surface area (Å²) in [6, 6.07) is 8.13. The summed E-state index contributed by atoms with van der Waals surface area (Å²) in [5, 5.41) is 11.6. The second-order valence-corrected chi connectivity index (χ2v) is 5.43. The Bertz CT molecular complexity index is 451. The molecule has 2 N–H and O–H groups in total. The molecule has 20 heavy (non-hydrogen) atoms. The topological polar surface area (TPSA) is 66.4 Å². The van der Waals surface area contributed by atoms with Crippen LogP contribution >= 0.6 is 0 Å². The molecule has 0 saturated carbocycles. The Kier molecular flexibility index (Phi) is 6.22. The maximum Gasteiger partial charge on any atom is 0.303 e. The lowest BCUT2D eigenvalue weighted by Crippen LogP contribution is -2.35. The first-order chi connectivity index (χ1) is 9.38. The summed E-state index contributed by atoms with van der Waals surface area (Å²) >= 11 is 0. The Labute approximate surface area is 120 Å². The molecule has 0 aromatic heterocycles. The van der Waals surface area contributed by atoms with Gasteiger partial charge in [0, 0.05) is 19.4 Å². The molecule has 0 fully saturated rings. The van der Waals surface area contributed by atoms with Gasteiger partial charge in [-0.25, -0.2) is 0 Å². The van der Waals surface area contributed by atoms with Gasteiger partial charge in [0.15, 0.2) is 0 Å². The first kappa shape index (κ1) is 16.2. The van der Waals surface area contributed by atoms with Gasteiger partial charge in [-0.05, 0) is 29.9 Å². The number of aliphatic carboxylic acids is 1. The van der Waals surface area contributed by atoms with Crippen LogP contribution in [-0.2, 0) is 16.0 Å². The van der Waals surface area contributed by atoms with E-state index in [0.717, 1.165) is 5.56 Å². The minimum Gasteiger partial charge on any atom is -0.481 e. The van der Waals surface area contributed by atoms with E-state index in [4.69, 9.17) is 5.11 Å². The molecule has 1 aromatic carbocycles. The first-order valence-corrected chi connectivity index (χ1v) is 6.96. The van der Waals surface area contributed by atoms with E-state index in [-0.39, 0.29) is 18.4 Å². The average molecular weight is 277 g/mol. The van der Waals surface area contributed by atoms with E-state index in [0.29, 0.717) is 18.8 Å². The molecule has 0 aliphatic rings. The van der Waals surface area contributed by atoms with Gasteiger partial charge in [-0.15, -0.1) is 0 Å². The van der Waals surface area contributed by atoms with Gasteiger partial charge < -0.3 is 10.4 Å². The molecule has 0 bridgehead atoms. The van der Waals surface area contributed by atoms with Crippen LogP contribution < -0.4 is 5.32 Å². The van der Waals surface area contributed by atoms with Crippen LogP contribution in [0.4, 0.5) is 0 Å². The van der Waals surface area contributed by atoms with Gasteiger partial charge in [0.2, 0.25) is 5.91 Å². The van der Waals surface area contributed by atoms with Crippen molar-refractivity contribution < 1.29 is 14.7 Å². The molecule has 1 amide bonds. The average Bonchev–Trinajstić information content (AvgIpc) is 2.36. The van der Waals surface area contributed by atoms with Crippen LogP contribution in [0.5, 0.6) is 0 Å². The third-order valence-electron chi connectivity index (χ3n) is 3.24. The van der Waals surface area contributed by atoms with Crippen LogP contribution in [0.15, 0.2) is 24.3 Å². The lowest BCUT2D eigenvalue weighted by molar-refractivity contribution is -0.137. The number of amides is 1. The lowest BCUT2D eigenvalue weighted by atomic mass is 9.97. The maximum atomic E-state index is 11.2. The highest BCUT2D eigenvalue weighted by molar-refractivity contribution is 5.73. The van der Waals surface area contributed by atoms with E-state index in [1.54, 1.807) is 0 Å². The van der Waals surface area contributed by atoms with Gasteiger partial charge in [-0.3, -0.25) is 9.59 Å². The Morgan fingerprint density at radius 3 is 2.25 bits per heavy atom. The third-order valence-corrected chi connectivity index (χ3v) is 3.24.